The van der Waals surface area contributed by atoms with Gasteiger partial charge in [0.05, 0.1) is 6.54 Å². The van der Waals surface area contributed by atoms with Crippen molar-refractivity contribution in [2.24, 2.45) is 10.9 Å². The first-order valence-corrected chi connectivity index (χ1v) is 6.37. The van der Waals surface area contributed by atoms with Gasteiger partial charge >= 0.3 is 0 Å². The Morgan fingerprint density at radius 1 is 1.24 bits per heavy atom. The molecular formula is C12H27IN4. The Hall–Kier alpha value is -0.0400. The zero-order valence-electron chi connectivity index (χ0n) is 11.5. The molecule has 1 atom stereocenters. The first-order chi connectivity index (χ1) is 7.69. The van der Waals surface area contributed by atoms with E-state index in [1.165, 1.54) is 12.8 Å². The summed E-state index contributed by atoms with van der Waals surface area (Å²) in [5.74, 6) is 1.81. The molecule has 0 spiro atoms. The molecule has 102 valence electrons. The fourth-order valence-corrected chi connectivity index (χ4v) is 1.91. The molecule has 5 heteroatoms. The first kappa shape index (κ1) is 17.0. The summed E-state index contributed by atoms with van der Waals surface area (Å²) < 4.78 is 0. The Balaban J connectivity index is 0.00000256. The SMILES string of the molecule is CCNC(=NCC(C1CC1)N(C)C)NCC.I. The molecule has 1 rings (SSSR count). The summed E-state index contributed by atoms with van der Waals surface area (Å²) in [4.78, 5) is 6.94. The van der Waals surface area contributed by atoms with Gasteiger partial charge in [0, 0.05) is 19.1 Å². The molecule has 0 aromatic rings. The van der Waals surface area contributed by atoms with Crippen molar-refractivity contribution in [2.75, 3.05) is 33.7 Å². The second-order valence-electron chi connectivity index (χ2n) is 4.62. The lowest BCUT2D eigenvalue weighted by Gasteiger charge is -2.22. The maximum atomic E-state index is 4.64. The molecule has 1 saturated carbocycles. The average molecular weight is 354 g/mol. The van der Waals surface area contributed by atoms with Crippen molar-refractivity contribution in [3.8, 4) is 0 Å². The van der Waals surface area contributed by atoms with Crippen molar-refractivity contribution in [1.82, 2.24) is 15.5 Å². The number of hydrogen-bond acceptors (Lipinski definition) is 2. The van der Waals surface area contributed by atoms with Crippen LogP contribution in [0.25, 0.3) is 0 Å². The number of nitrogens with zero attached hydrogens (tertiary/aromatic N) is 2. The zero-order valence-corrected chi connectivity index (χ0v) is 13.8. The van der Waals surface area contributed by atoms with E-state index < -0.39 is 0 Å². The molecule has 0 bridgehead atoms. The van der Waals surface area contributed by atoms with Crippen LogP contribution < -0.4 is 10.6 Å². The minimum absolute atomic E-state index is 0. The summed E-state index contributed by atoms with van der Waals surface area (Å²) in [6.45, 7) is 6.92. The molecular weight excluding hydrogens is 327 g/mol. The molecule has 0 aliphatic heterocycles. The zero-order chi connectivity index (χ0) is 12.0. The maximum Gasteiger partial charge on any atom is 0.191 e. The number of aliphatic imine (C=N–C) groups is 1. The fourth-order valence-electron chi connectivity index (χ4n) is 1.91. The molecule has 1 unspecified atom stereocenters. The Labute approximate surface area is 123 Å². The predicted octanol–water partition coefficient (Wildman–Crippen LogP) is 1.52. The van der Waals surface area contributed by atoms with Crippen LogP contribution in [0.15, 0.2) is 4.99 Å². The number of halogens is 1. The van der Waals surface area contributed by atoms with Crippen LogP contribution in [0.3, 0.4) is 0 Å². The van der Waals surface area contributed by atoms with E-state index in [1.807, 2.05) is 0 Å². The second kappa shape index (κ2) is 8.97. The minimum atomic E-state index is 0. The van der Waals surface area contributed by atoms with E-state index in [1.54, 1.807) is 0 Å². The van der Waals surface area contributed by atoms with Gasteiger partial charge in [-0.05, 0) is 46.7 Å². The van der Waals surface area contributed by atoms with E-state index in [0.29, 0.717) is 6.04 Å². The van der Waals surface area contributed by atoms with Gasteiger partial charge in [-0.15, -0.1) is 24.0 Å². The second-order valence-corrected chi connectivity index (χ2v) is 4.62. The Morgan fingerprint density at radius 3 is 2.12 bits per heavy atom. The van der Waals surface area contributed by atoms with E-state index in [0.717, 1.165) is 31.5 Å². The molecule has 1 aliphatic carbocycles. The van der Waals surface area contributed by atoms with Crippen LogP contribution in [0.4, 0.5) is 0 Å². The number of likely N-dealkylation sites (N-methyl/N-ethyl adjacent to an activating group) is 1. The number of nitrogens with one attached hydrogen (secondary N) is 2. The third kappa shape index (κ3) is 6.45. The van der Waals surface area contributed by atoms with Crippen LogP contribution in [-0.4, -0.2) is 50.6 Å². The average Bonchev–Trinajstić information content (AvgIpc) is 3.02. The smallest absolute Gasteiger partial charge is 0.191 e. The highest BCUT2D eigenvalue weighted by Crippen LogP contribution is 2.34. The van der Waals surface area contributed by atoms with Gasteiger partial charge in [-0.1, -0.05) is 0 Å². The lowest BCUT2D eigenvalue weighted by molar-refractivity contribution is 0.271. The molecule has 2 N–H and O–H groups in total. The van der Waals surface area contributed by atoms with Gasteiger partial charge in [-0.2, -0.15) is 0 Å². The molecule has 4 nitrogen and oxygen atoms in total. The highest BCUT2D eigenvalue weighted by atomic mass is 127. The van der Waals surface area contributed by atoms with E-state index in [4.69, 9.17) is 0 Å². The summed E-state index contributed by atoms with van der Waals surface area (Å²) in [7, 11) is 4.30. The van der Waals surface area contributed by atoms with Crippen LogP contribution >= 0.6 is 24.0 Å². The summed E-state index contributed by atoms with van der Waals surface area (Å²) in [5, 5.41) is 6.52. The summed E-state index contributed by atoms with van der Waals surface area (Å²) >= 11 is 0. The Kier molecular flexibility index (Phi) is 8.94. The van der Waals surface area contributed by atoms with E-state index in [2.05, 4.69) is 48.5 Å². The number of hydrogen-bond donors (Lipinski definition) is 2. The highest BCUT2D eigenvalue weighted by molar-refractivity contribution is 14.0. The maximum absolute atomic E-state index is 4.64. The van der Waals surface area contributed by atoms with Crippen molar-refractivity contribution >= 4 is 29.9 Å². The van der Waals surface area contributed by atoms with Crippen LogP contribution in [0, 0.1) is 5.92 Å². The summed E-state index contributed by atoms with van der Waals surface area (Å²) in [5.41, 5.74) is 0. The summed E-state index contributed by atoms with van der Waals surface area (Å²) in [6, 6.07) is 0.604. The quantitative estimate of drug-likeness (QED) is 0.432. The monoisotopic (exact) mass is 354 g/mol. The Bertz CT molecular complexity index is 217. The molecule has 0 aromatic carbocycles. The van der Waals surface area contributed by atoms with Gasteiger partial charge in [-0.3, -0.25) is 4.99 Å². The van der Waals surface area contributed by atoms with Gasteiger partial charge in [-0.25, -0.2) is 0 Å². The molecule has 1 aliphatic rings. The van der Waals surface area contributed by atoms with Gasteiger partial charge < -0.3 is 15.5 Å². The fraction of sp³-hybridized carbons (Fsp3) is 0.917. The van der Waals surface area contributed by atoms with E-state index in [9.17, 15) is 0 Å². The minimum Gasteiger partial charge on any atom is -0.357 e. The molecule has 0 saturated heterocycles. The van der Waals surface area contributed by atoms with Crippen LogP contribution in [0.5, 0.6) is 0 Å². The molecule has 17 heavy (non-hydrogen) atoms. The van der Waals surface area contributed by atoms with Crippen molar-refractivity contribution < 1.29 is 0 Å². The third-order valence-corrected chi connectivity index (χ3v) is 2.95. The normalized spacial score (nSPS) is 16.1. The van der Waals surface area contributed by atoms with Crippen molar-refractivity contribution in [2.45, 2.75) is 32.7 Å². The van der Waals surface area contributed by atoms with Gasteiger partial charge in [0.2, 0.25) is 0 Å². The van der Waals surface area contributed by atoms with Crippen LogP contribution in [-0.2, 0) is 0 Å². The van der Waals surface area contributed by atoms with E-state index >= 15 is 0 Å². The predicted molar refractivity (Wildman–Crippen MR) is 85.3 cm³/mol. The molecule has 0 amide bonds. The number of rotatable bonds is 6. The first-order valence-electron chi connectivity index (χ1n) is 6.37. The largest absolute Gasteiger partial charge is 0.357 e. The molecule has 0 heterocycles. The van der Waals surface area contributed by atoms with Gasteiger partial charge in [0.25, 0.3) is 0 Å². The summed E-state index contributed by atoms with van der Waals surface area (Å²) in [6.07, 6.45) is 2.74. The Morgan fingerprint density at radius 2 is 1.76 bits per heavy atom. The van der Waals surface area contributed by atoms with Crippen molar-refractivity contribution in [3.63, 3.8) is 0 Å². The number of guanidine groups is 1. The molecule has 0 radical (unpaired) electrons. The van der Waals surface area contributed by atoms with E-state index in [-0.39, 0.29) is 24.0 Å². The van der Waals surface area contributed by atoms with Crippen LogP contribution in [0.1, 0.15) is 26.7 Å². The highest BCUT2D eigenvalue weighted by Gasteiger charge is 2.32. The molecule has 1 fully saturated rings. The van der Waals surface area contributed by atoms with Crippen molar-refractivity contribution in [3.05, 3.63) is 0 Å². The van der Waals surface area contributed by atoms with Crippen molar-refractivity contribution in [1.29, 1.82) is 0 Å². The lowest BCUT2D eigenvalue weighted by Crippen LogP contribution is -2.39. The topological polar surface area (TPSA) is 39.7 Å². The third-order valence-electron chi connectivity index (χ3n) is 2.95. The van der Waals surface area contributed by atoms with Gasteiger partial charge in [0.1, 0.15) is 0 Å². The van der Waals surface area contributed by atoms with Crippen LogP contribution in [0.2, 0.25) is 0 Å². The standard InChI is InChI=1S/C12H26N4.HI/c1-5-13-12(14-6-2)15-9-11(16(3)4)10-7-8-10;/h10-11H,5-9H2,1-4H3,(H2,13,14,15);1H. The molecule has 0 aromatic heterocycles. The lowest BCUT2D eigenvalue weighted by atomic mass is 10.2. The van der Waals surface area contributed by atoms with Gasteiger partial charge in [0.15, 0.2) is 5.96 Å².